The molecule has 1 aromatic carbocycles. The van der Waals surface area contributed by atoms with Crippen LogP contribution in [0.2, 0.25) is 0 Å². The van der Waals surface area contributed by atoms with E-state index in [0.29, 0.717) is 15.7 Å². The summed E-state index contributed by atoms with van der Waals surface area (Å²) in [5.41, 5.74) is 0.954. The minimum absolute atomic E-state index is 0.107. The van der Waals surface area contributed by atoms with Crippen molar-refractivity contribution in [2.45, 2.75) is 13.5 Å². The maximum atomic E-state index is 12.2. The zero-order valence-corrected chi connectivity index (χ0v) is 12.8. The van der Waals surface area contributed by atoms with Crippen LogP contribution in [0.1, 0.15) is 16.2 Å². The quantitative estimate of drug-likeness (QED) is 0.684. The van der Waals surface area contributed by atoms with Crippen LogP contribution in [0.25, 0.3) is 11.0 Å². The molecule has 0 N–H and O–H groups in total. The zero-order valence-electron chi connectivity index (χ0n) is 11.2. The van der Waals surface area contributed by atoms with Crippen molar-refractivity contribution in [1.82, 2.24) is 9.55 Å². The Labute approximate surface area is 128 Å². The Morgan fingerprint density at radius 1 is 1.38 bits per heavy atom. The molecule has 0 unspecified atom stereocenters. The minimum atomic E-state index is -0.285. The molecule has 0 aliphatic rings. The highest BCUT2D eigenvalue weighted by molar-refractivity contribution is 9.10. The predicted octanol–water partition coefficient (Wildman–Crippen LogP) is 2.94. The first-order valence-electron chi connectivity index (χ1n) is 6.29. The maximum absolute atomic E-state index is 12.2. The molecule has 106 valence electrons. The lowest BCUT2D eigenvalue weighted by molar-refractivity contribution is 0.0945. The highest BCUT2D eigenvalue weighted by Gasteiger charge is 2.15. The second kappa shape index (κ2) is 5.29. The summed E-state index contributed by atoms with van der Waals surface area (Å²) in [7, 11) is 0. The Morgan fingerprint density at radius 3 is 2.90 bits per heavy atom. The van der Waals surface area contributed by atoms with E-state index >= 15 is 0 Å². The van der Waals surface area contributed by atoms with E-state index in [4.69, 9.17) is 4.42 Å². The second-order valence-corrected chi connectivity index (χ2v) is 5.44. The summed E-state index contributed by atoms with van der Waals surface area (Å²) in [6, 6.07) is 9.05. The van der Waals surface area contributed by atoms with Crippen LogP contribution in [0, 0.1) is 6.92 Å². The van der Waals surface area contributed by atoms with Crippen molar-refractivity contribution in [1.29, 1.82) is 0 Å². The number of aromatic nitrogens is 2. The number of carbonyl (C=O) groups is 1. The van der Waals surface area contributed by atoms with Gasteiger partial charge in [0.05, 0.1) is 18.6 Å². The van der Waals surface area contributed by atoms with Crippen LogP contribution in [-0.2, 0) is 6.54 Å². The van der Waals surface area contributed by atoms with E-state index in [1.165, 1.54) is 10.9 Å². The lowest BCUT2D eigenvalue weighted by Crippen LogP contribution is -2.25. The fraction of sp³-hybridized carbons (Fsp3) is 0.133. The third-order valence-corrected chi connectivity index (χ3v) is 4.08. The van der Waals surface area contributed by atoms with E-state index in [9.17, 15) is 9.59 Å². The predicted molar refractivity (Wildman–Crippen MR) is 81.5 cm³/mol. The molecule has 0 saturated carbocycles. The van der Waals surface area contributed by atoms with Gasteiger partial charge in [-0.15, -0.1) is 0 Å². The maximum Gasteiger partial charge on any atom is 0.268 e. The smallest absolute Gasteiger partial charge is 0.268 e. The Hall–Kier alpha value is -2.21. The zero-order chi connectivity index (χ0) is 15.0. The van der Waals surface area contributed by atoms with Crippen molar-refractivity contribution in [3.63, 3.8) is 0 Å². The van der Waals surface area contributed by atoms with Crippen LogP contribution in [-0.4, -0.2) is 15.3 Å². The molecule has 3 rings (SSSR count). The van der Waals surface area contributed by atoms with E-state index in [0.717, 1.165) is 5.39 Å². The molecule has 0 amide bonds. The molecule has 0 aliphatic carbocycles. The molecule has 0 aliphatic heterocycles. The second-order valence-electron chi connectivity index (χ2n) is 4.65. The first-order valence-corrected chi connectivity index (χ1v) is 7.09. The SMILES string of the molecule is Cc1ncn(CC(=O)c2cc3ccccc3o2)c(=O)c1Br. The molecular weight excluding hydrogens is 336 g/mol. The Kier molecular flexibility index (Phi) is 3.47. The van der Waals surface area contributed by atoms with Crippen LogP contribution in [0.3, 0.4) is 0 Å². The third kappa shape index (κ3) is 2.54. The molecule has 0 saturated heterocycles. The van der Waals surface area contributed by atoms with Crippen molar-refractivity contribution >= 4 is 32.7 Å². The lowest BCUT2D eigenvalue weighted by atomic mass is 10.2. The summed E-state index contributed by atoms with van der Waals surface area (Å²) in [5, 5.41) is 0.858. The van der Waals surface area contributed by atoms with E-state index in [1.54, 1.807) is 19.1 Å². The fourth-order valence-corrected chi connectivity index (χ4v) is 2.34. The molecule has 5 nitrogen and oxygen atoms in total. The van der Waals surface area contributed by atoms with Gasteiger partial charge in [-0.1, -0.05) is 18.2 Å². The van der Waals surface area contributed by atoms with Crippen LogP contribution in [0.15, 0.2) is 50.3 Å². The number of rotatable bonds is 3. The van der Waals surface area contributed by atoms with E-state index in [1.807, 2.05) is 18.2 Å². The molecule has 0 spiro atoms. The molecule has 3 aromatic rings. The first kappa shape index (κ1) is 13.8. The fourth-order valence-electron chi connectivity index (χ4n) is 2.01. The van der Waals surface area contributed by atoms with Crippen molar-refractivity contribution < 1.29 is 9.21 Å². The number of furan rings is 1. The Bertz CT molecular complexity index is 862. The van der Waals surface area contributed by atoms with Gasteiger partial charge in [0.25, 0.3) is 5.56 Å². The normalized spacial score (nSPS) is 11.0. The number of Topliss-reactive ketones (excluding diaryl/α,β-unsaturated/α-hetero) is 1. The summed E-state index contributed by atoms with van der Waals surface area (Å²) in [6.45, 7) is 1.61. The van der Waals surface area contributed by atoms with Gasteiger partial charge in [-0.05, 0) is 35.0 Å². The van der Waals surface area contributed by atoms with Crippen molar-refractivity contribution in [2.24, 2.45) is 0 Å². The van der Waals surface area contributed by atoms with Gasteiger partial charge in [-0.2, -0.15) is 0 Å². The van der Waals surface area contributed by atoms with Gasteiger partial charge in [0.2, 0.25) is 5.78 Å². The number of nitrogens with zero attached hydrogens (tertiary/aromatic N) is 2. The van der Waals surface area contributed by atoms with E-state index < -0.39 is 0 Å². The monoisotopic (exact) mass is 346 g/mol. The molecular formula is C15H11BrN2O3. The van der Waals surface area contributed by atoms with Gasteiger partial charge in [0, 0.05) is 5.39 Å². The number of ketones is 1. The van der Waals surface area contributed by atoms with Gasteiger partial charge < -0.3 is 4.42 Å². The molecule has 2 heterocycles. The molecule has 21 heavy (non-hydrogen) atoms. The van der Waals surface area contributed by atoms with Crippen LogP contribution in [0.5, 0.6) is 0 Å². The van der Waals surface area contributed by atoms with Crippen molar-refractivity contribution in [3.8, 4) is 0 Å². The summed E-state index contributed by atoms with van der Waals surface area (Å²) < 4.78 is 7.12. The summed E-state index contributed by atoms with van der Waals surface area (Å²) >= 11 is 3.17. The largest absolute Gasteiger partial charge is 0.453 e. The first-order chi connectivity index (χ1) is 10.1. The number of hydrogen-bond acceptors (Lipinski definition) is 4. The van der Waals surface area contributed by atoms with E-state index in [-0.39, 0.29) is 23.6 Å². The van der Waals surface area contributed by atoms with Crippen LogP contribution in [0.4, 0.5) is 0 Å². The number of para-hydroxylation sites is 1. The number of carbonyl (C=O) groups excluding carboxylic acids is 1. The highest BCUT2D eigenvalue weighted by Crippen LogP contribution is 2.19. The average Bonchev–Trinajstić information content (AvgIpc) is 2.92. The van der Waals surface area contributed by atoms with Gasteiger partial charge in [-0.25, -0.2) is 4.98 Å². The van der Waals surface area contributed by atoms with Crippen molar-refractivity contribution in [3.05, 3.63) is 62.9 Å². The average molecular weight is 347 g/mol. The highest BCUT2D eigenvalue weighted by atomic mass is 79.9. The Balaban J connectivity index is 1.93. The summed E-state index contributed by atoms with van der Waals surface area (Å²) in [5.74, 6) is -0.0364. The number of hydrogen-bond donors (Lipinski definition) is 0. The topological polar surface area (TPSA) is 65.1 Å². The molecule has 0 atom stereocenters. The molecule has 0 bridgehead atoms. The molecule has 2 aromatic heterocycles. The summed E-state index contributed by atoms with van der Waals surface area (Å²) in [4.78, 5) is 28.3. The van der Waals surface area contributed by atoms with Gasteiger partial charge >= 0.3 is 0 Å². The van der Waals surface area contributed by atoms with Gasteiger partial charge in [0.1, 0.15) is 10.1 Å². The number of benzene rings is 1. The van der Waals surface area contributed by atoms with Crippen LogP contribution < -0.4 is 5.56 Å². The van der Waals surface area contributed by atoms with Crippen molar-refractivity contribution in [2.75, 3.05) is 0 Å². The van der Waals surface area contributed by atoms with Gasteiger partial charge in [-0.3, -0.25) is 14.2 Å². The number of halogens is 1. The number of aryl methyl sites for hydroxylation is 1. The lowest BCUT2D eigenvalue weighted by Gasteiger charge is -2.04. The Morgan fingerprint density at radius 2 is 2.14 bits per heavy atom. The third-order valence-electron chi connectivity index (χ3n) is 3.17. The molecule has 0 radical (unpaired) electrons. The van der Waals surface area contributed by atoms with Gasteiger partial charge in [0.15, 0.2) is 5.76 Å². The van der Waals surface area contributed by atoms with Crippen LogP contribution >= 0.6 is 15.9 Å². The standard InChI is InChI=1S/C15H11BrN2O3/c1-9-14(16)15(20)18(8-17-9)7-11(19)13-6-10-4-2-3-5-12(10)21-13/h2-6,8H,7H2,1H3. The molecule has 0 fully saturated rings. The summed E-state index contributed by atoms with van der Waals surface area (Å²) in [6.07, 6.45) is 1.36. The minimum Gasteiger partial charge on any atom is -0.453 e. The molecule has 6 heteroatoms. The number of fused-ring (bicyclic) bond motifs is 1. The van der Waals surface area contributed by atoms with E-state index in [2.05, 4.69) is 20.9 Å².